The van der Waals surface area contributed by atoms with Crippen molar-refractivity contribution in [1.29, 1.82) is 0 Å². The second-order valence-electron chi connectivity index (χ2n) is 7.14. The smallest absolute Gasteiger partial charge is 0.230 e. The van der Waals surface area contributed by atoms with E-state index in [1.807, 2.05) is 0 Å². The lowest BCUT2D eigenvalue weighted by Gasteiger charge is -2.16. The molecule has 0 radical (unpaired) electrons. The number of hydrogen-bond donors (Lipinski definition) is 0. The van der Waals surface area contributed by atoms with Crippen LogP contribution < -0.4 is 4.57 Å². The highest BCUT2D eigenvalue weighted by Gasteiger charge is 2.33. The fourth-order valence-corrected chi connectivity index (χ4v) is 4.49. The average molecular weight is 325 g/mol. The van der Waals surface area contributed by atoms with Crippen LogP contribution in [0.4, 0.5) is 0 Å². The van der Waals surface area contributed by atoms with Crippen molar-refractivity contribution in [2.75, 3.05) is 0 Å². The summed E-state index contributed by atoms with van der Waals surface area (Å²) in [5, 5.41) is 1.36. The summed E-state index contributed by atoms with van der Waals surface area (Å²) in [4.78, 5) is 0. The van der Waals surface area contributed by atoms with E-state index in [1.165, 1.54) is 50.2 Å². The van der Waals surface area contributed by atoms with Gasteiger partial charge in [0.05, 0.1) is 16.8 Å². The molecule has 0 unspecified atom stereocenters. The Kier molecular flexibility index (Phi) is 2.93. The van der Waals surface area contributed by atoms with Gasteiger partial charge in [-0.05, 0) is 44.0 Å². The lowest BCUT2D eigenvalue weighted by molar-refractivity contribution is -0.672. The van der Waals surface area contributed by atoms with Crippen LogP contribution in [0, 0.1) is 20.8 Å². The Balaban J connectivity index is 1.96. The third-order valence-corrected chi connectivity index (χ3v) is 5.35. The molecule has 0 amide bonds. The molecular formula is C23H21N2+. The van der Waals surface area contributed by atoms with Gasteiger partial charge in [-0.15, -0.1) is 0 Å². The summed E-state index contributed by atoms with van der Waals surface area (Å²) >= 11 is 0. The molecule has 2 heteroatoms. The topological polar surface area (TPSA) is 8.81 Å². The number of rotatable bonds is 1. The van der Waals surface area contributed by atoms with E-state index in [-0.39, 0.29) is 0 Å². The molecule has 2 nitrogen and oxygen atoms in total. The van der Waals surface area contributed by atoms with E-state index in [2.05, 4.69) is 90.7 Å². The second kappa shape index (κ2) is 5.06. The van der Waals surface area contributed by atoms with Crippen molar-refractivity contribution < 1.29 is 4.57 Å². The van der Waals surface area contributed by atoms with Crippen molar-refractivity contribution >= 4 is 10.9 Å². The largest absolute Gasteiger partial charge is 0.303 e. The van der Waals surface area contributed by atoms with E-state index in [0.717, 1.165) is 6.54 Å². The molecular weight excluding hydrogens is 304 g/mol. The lowest BCUT2D eigenvalue weighted by Crippen LogP contribution is -2.31. The summed E-state index contributed by atoms with van der Waals surface area (Å²) in [6.45, 7) is 7.57. The minimum Gasteiger partial charge on any atom is -0.303 e. The van der Waals surface area contributed by atoms with Gasteiger partial charge in [0.25, 0.3) is 0 Å². The summed E-state index contributed by atoms with van der Waals surface area (Å²) in [6, 6.07) is 19.9. The Morgan fingerprint density at radius 1 is 0.880 bits per heavy atom. The van der Waals surface area contributed by atoms with Crippen LogP contribution in [-0.2, 0) is 6.54 Å². The molecule has 0 saturated heterocycles. The number of nitrogens with zero attached hydrogens (tertiary/aromatic N) is 2. The zero-order valence-corrected chi connectivity index (χ0v) is 14.9. The number of pyridine rings is 1. The van der Waals surface area contributed by atoms with Crippen molar-refractivity contribution in [1.82, 2.24) is 4.57 Å². The van der Waals surface area contributed by atoms with Crippen LogP contribution >= 0.6 is 0 Å². The van der Waals surface area contributed by atoms with Gasteiger partial charge in [0.2, 0.25) is 5.69 Å². The highest BCUT2D eigenvalue weighted by Crippen LogP contribution is 2.39. The number of benzene rings is 2. The second-order valence-corrected chi connectivity index (χ2v) is 7.14. The Morgan fingerprint density at radius 2 is 1.60 bits per heavy atom. The molecule has 0 atom stereocenters. The van der Waals surface area contributed by atoms with Crippen LogP contribution in [0.15, 0.2) is 60.8 Å². The molecule has 0 spiro atoms. The van der Waals surface area contributed by atoms with Gasteiger partial charge in [-0.1, -0.05) is 35.9 Å². The summed E-state index contributed by atoms with van der Waals surface area (Å²) in [6.07, 6.45) is 2.18. The number of fused-ring (bicyclic) bond motifs is 5. The van der Waals surface area contributed by atoms with Gasteiger partial charge in [-0.3, -0.25) is 0 Å². The summed E-state index contributed by atoms with van der Waals surface area (Å²) in [5.41, 5.74) is 10.7. The van der Waals surface area contributed by atoms with E-state index >= 15 is 0 Å². The van der Waals surface area contributed by atoms with Crippen LogP contribution in [0.2, 0.25) is 0 Å². The van der Waals surface area contributed by atoms with E-state index in [9.17, 15) is 0 Å². The standard InChI is InChI=1S/C23H21N2/c1-15-12-16(2)22(17(3)13-15)25-20-9-5-4-8-18(20)19-14-24-11-7-6-10-21(24)23(19)25/h4-13H,14H2,1-3H3/q+1. The summed E-state index contributed by atoms with van der Waals surface area (Å²) < 4.78 is 4.83. The zero-order valence-electron chi connectivity index (χ0n) is 14.9. The summed E-state index contributed by atoms with van der Waals surface area (Å²) in [5.74, 6) is 0. The molecule has 0 aliphatic carbocycles. The van der Waals surface area contributed by atoms with Crippen LogP contribution in [0.5, 0.6) is 0 Å². The SMILES string of the molecule is Cc1cc(C)c(-n2c3c(c4ccccc42)C[n+]2ccccc2-3)c(C)c1. The molecule has 5 rings (SSSR count). The van der Waals surface area contributed by atoms with Gasteiger partial charge in [-0.25, -0.2) is 0 Å². The van der Waals surface area contributed by atoms with Crippen LogP contribution in [0.1, 0.15) is 22.3 Å². The molecule has 4 aromatic rings. The Bertz CT molecular complexity index is 1130. The maximum Gasteiger partial charge on any atom is 0.230 e. The van der Waals surface area contributed by atoms with E-state index in [1.54, 1.807) is 0 Å². The van der Waals surface area contributed by atoms with Crippen molar-refractivity contribution in [3.63, 3.8) is 0 Å². The van der Waals surface area contributed by atoms with E-state index in [0.29, 0.717) is 0 Å². The van der Waals surface area contributed by atoms with Crippen molar-refractivity contribution in [2.45, 2.75) is 27.3 Å². The molecule has 25 heavy (non-hydrogen) atoms. The van der Waals surface area contributed by atoms with Gasteiger partial charge in [0.1, 0.15) is 5.69 Å². The predicted molar refractivity (Wildman–Crippen MR) is 102 cm³/mol. The highest BCUT2D eigenvalue weighted by atomic mass is 15.1. The quantitative estimate of drug-likeness (QED) is 0.389. The van der Waals surface area contributed by atoms with Crippen LogP contribution in [-0.4, -0.2) is 4.57 Å². The molecule has 0 saturated carbocycles. The molecule has 3 heterocycles. The number of para-hydroxylation sites is 1. The zero-order chi connectivity index (χ0) is 17.1. The Labute approximate surface area is 148 Å². The first-order valence-corrected chi connectivity index (χ1v) is 8.84. The number of aryl methyl sites for hydroxylation is 3. The molecule has 122 valence electrons. The molecule has 0 fully saturated rings. The van der Waals surface area contributed by atoms with Crippen LogP contribution in [0.3, 0.4) is 0 Å². The van der Waals surface area contributed by atoms with Gasteiger partial charge >= 0.3 is 0 Å². The fraction of sp³-hybridized carbons (Fsp3) is 0.174. The predicted octanol–water partition coefficient (Wildman–Crippen LogP) is 4.87. The first kappa shape index (κ1) is 14.5. The lowest BCUT2D eigenvalue weighted by atomic mass is 10.0. The van der Waals surface area contributed by atoms with Crippen molar-refractivity contribution in [3.05, 3.63) is 83.0 Å². The number of aromatic nitrogens is 2. The fourth-order valence-electron chi connectivity index (χ4n) is 4.49. The maximum absolute atomic E-state index is 2.48. The normalized spacial score (nSPS) is 12.4. The third-order valence-electron chi connectivity index (χ3n) is 5.35. The first-order chi connectivity index (χ1) is 12.1. The van der Waals surface area contributed by atoms with Crippen molar-refractivity contribution in [2.24, 2.45) is 0 Å². The Hall–Kier alpha value is -2.87. The van der Waals surface area contributed by atoms with Gasteiger partial charge < -0.3 is 4.57 Å². The molecule has 0 N–H and O–H groups in total. The molecule has 1 aliphatic heterocycles. The minimum atomic E-state index is 0.947. The first-order valence-electron chi connectivity index (χ1n) is 8.84. The average Bonchev–Trinajstić information content (AvgIpc) is 3.10. The van der Waals surface area contributed by atoms with E-state index < -0.39 is 0 Å². The monoisotopic (exact) mass is 325 g/mol. The molecule has 1 aliphatic rings. The van der Waals surface area contributed by atoms with Gasteiger partial charge in [0, 0.05) is 17.5 Å². The summed E-state index contributed by atoms with van der Waals surface area (Å²) in [7, 11) is 0. The molecule has 2 aromatic carbocycles. The highest BCUT2D eigenvalue weighted by molar-refractivity contribution is 5.93. The van der Waals surface area contributed by atoms with Gasteiger partial charge in [0.15, 0.2) is 12.7 Å². The van der Waals surface area contributed by atoms with Gasteiger partial charge in [-0.2, -0.15) is 4.57 Å². The Morgan fingerprint density at radius 3 is 2.40 bits per heavy atom. The molecule has 2 aromatic heterocycles. The molecule has 0 bridgehead atoms. The maximum atomic E-state index is 2.48. The minimum absolute atomic E-state index is 0.947. The van der Waals surface area contributed by atoms with Crippen molar-refractivity contribution in [3.8, 4) is 17.1 Å². The number of hydrogen-bond acceptors (Lipinski definition) is 0. The van der Waals surface area contributed by atoms with E-state index in [4.69, 9.17) is 0 Å². The third kappa shape index (κ3) is 1.94. The van der Waals surface area contributed by atoms with Crippen LogP contribution in [0.25, 0.3) is 28.0 Å².